The van der Waals surface area contributed by atoms with Gasteiger partial charge in [-0.1, -0.05) is 12.1 Å². The van der Waals surface area contributed by atoms with E-state index in [1.54, 1.807) is 7.11 Å². The first-order valence-electron chi connectivity index (χ1n) is 9.16. The van der Waals surface area contributed by atoms with Crippen LogP contribution in [0.3, 0.4) is 0 Å². The van der Waals surface area contributed by atoms with Gasteiger partial charge in [-0.2, -0.15) is 0 Å². The zero-order valence-corrected chi connectivity index (χ0v) is 13.9. The summed E-state index contributed by atoms with van der Waals surface area (Å²) >= 11 is 0. The molecule has 0 atom stereocenters. The quantitative estimate of drug-likeness (QED) is 0.831. The summed E-state index contributed by atoms with van der Waals surface area (Å²) in [6.07, 6.45) is 8.52. The third-order valence-corrected chi connectivity index (χ3v) is 6.91. The molecule has 4 bridgehead atoms. The Hall–Kier alpha value is -1.51. The molecule has 3 heteroatoms. The Bertz CT molecular complexity index is 630. The number of amides is 1. The molecule has 0 radical (unpaired) electrons. The van der Waals surface area contributed by atoms with Crippen molar-refractivity contribution < 1.29 is 9.53 Å². The van der Waals surface area contributed by atoms with E-state index in [-0.39, 0.29) is 5.41 Å². The Morgan fingerprint density at radius 1 is 1.13 bits per heavy atom. The molecule has 1 aliphatic heterocycles. The maximum atomic E-state index is 13.6. The highest BCUT2D eigenvalue weighted by atomic mass is 16.5. The fourth-order valence-corrected chi connectivity index (χ4v) is 6.45. The number of benzene rings is 1. The molecule has 3 nitrogen and oxygen atoms in total. The minimum absolute atomic E-state index is 0.0583. The number of hydrogen-bond acceptors (Lipinski definition) is 2. The van der Waals surface area contributed by atoms with E-state index in [0.717, 1.165) is 61.4 Å². The Kier molecular flexibility index (Phi) is 2.87. The number of nitrogens with zero attached hydrogens (tertiary/aromatic N) is 1. The first-order chi connectivity index (χ1) is 11.2. The smallest absolute Gasteiger partial charge is 0.233 e. The molecule has 23 heavy (non-hydrogen) atoms. The molecule has 122 valence electrons. The van der Waals surface area contributed by atoms with Crippen molar-refractivity contribution in [1.82, 2.24) is 0 Å². The van der Waals surface area contributed by atoms with E-state index in [1.807, 2.05) is 12.1 Å². The van der Waals surface area contributed by atoms with Crippen molar-refractivity contribution in [3.8, 4) is 5.75 Å². The van der Waals surface area contributed by atoms with Crippen LogP contribution in [0, 0.1) is 23.2 Å². The van der Waals surface area contributed by atoms with Crippen LogP contribution in [-0.2, 0) is 11.2 Å². The summed E-state index contributed by atoms with van der Waals surface area (Å²) in [5, 5.41) is 0. The fourth-order valence-electron chi connectivity index (χ4n) is 6.45. The van der Waals surface area contributed by atoms with Crippen LogP contribution in [0.15, 0.2) is 18.2 Å². The highest BCUT2D eigenvalue weighted by Gasteiger charge is 2.56. The minimum atomic E-state index is -0.0583. The van der Waals surface area contributed by atoms with Crippen molar-refractivity contribution in [2.75, 3.05) is 18.6 Å². The number of para-hydroxylation sites is 1. The molecule has 5 aliphatic rings. The molecule has 0 N–H and O–H groups in total. The standard InChI is InChI=1S/C20H25NO2/c1-23-17-4-2-3-16-5-6-21(18(16)17)19(22)20-10-13-7-14(11-20)9-15(8-13)12-20/h2-4,13-15H,5-12H2,1H3. The average molecular weight is 311 g/mol. The van der Waals surface area contributed by atoms with Gasteiger partial charge in [-0.15, -0.1) is 0 Å². The molecule has 4 aliphatic carbocycles. The van der Waals surface area contributed by atoms with Gasteiger partial charge < -0.3 is 9.64 Å². The lowest BCUT2D eigenvalue weighted by atomic mass is 9.49. The zero-order valence-electron chi connectivity index (χ0n) is 13.9. The second-order valence-electron chi connectivity index (χ2n) is 8.37. The van der Waals surface area contributed by atoms with Gasteiger partial charge in [-0.05, 0) is 74.3 Å². The van der Waals surface area contributed by atoms with Crippen LogP contribution < -0.4 is 9.64 Å². The molecule has 0 unspecified atom stereocenters. The lowest BCUT2D eigenvalue weighted by molar-refractivity contribution is -0.143. The van der Waals surface area contributed by atoms with E-state index in [9.17, 15) is 4.79 Å². The maximum Gasteiger partial charge on any atom is 0.233 e. The first kappa shape index (κ1) is 13.9. The predicted octanol–water partition coefficient (Wildman–Crippen LogP) is 3.80. The van der Waals surface area contributed by atoms with E-state index < -0.39 is 0 Å². The summed E-state index contributed by atoms with van der Waals surface area (Å²) < 4.78 is 5.56. The Morgan fingerprint density at radius 2 is 1.78 bits per heavy atom. The van der Waals surface area contributed by atoms with Crippen molar-refractivity contribution in [2.45, 2.75) is 44.9 Å². The molecule has 1 amide bonds. The van der Waals surface area contributed by atoms with Crippen LogP contribution >= 0.6 is 0 Å². The van der Waals surface area contributed by atoms with Crippen LogP contribution in [0.2, 0.25) is 0 Å². The number of fused-ring (bicyclic) bond motifs is 1. The number of carbonyl (C=O) groups is 1. The molecular weight excluding hydrogens is 286 g/mol. The highest BCUT2D eigenvalue weighted by Crippen LogP contribution is 2.61. The number of anilines is 1. The van der Waals surface area contributed by atoms with Gasteiger partial charge >= 0.3 is 0 Å². The van der Waals surface area contributed by atoms with Gasteiger partial charge in [0.15, 0.2) is 0 Å². The van der Waals surface area contributed by atoms with Crippen molar-refractivity contribution in [2.24, 2.45) is 23.2 Å². The van der Waals surface area contributed by atoms with E-state index in [0.29, 0.717) is 5.91 Å². The van der Waals surface area contributed by atoms with Gasteiger partial charge in [0.1, 0.15) is 5.75 Å². The van der Waals surface area contributed by atoms with Gasteiger partial charge in [-0.25, -0.2) is 0 Å². The topological polar surface area (TPSA) is 29.5 Å². The second kappa shape index (κ2) is 4.75. The lowest BCUT2D eigenvalue weighted by Gasteiger charge is -2.56. The molecule has 4 fully saturated rings. The van der Waals surface area contributed by atoms with E-state index in [1.165, 1.54) is 24.8 Å². The molecule has 0 spiro atoms. The van der Waals surface area contributed by atoms with Gasteiger partial charge in [-0.3, -0.25) is 4.79 Å². The normalized spacial score (nSPS) is 37.1. The lowest BCUT2D eigenvalue weighted by Crippen LogP contribution is -2.54. The Morgan fingerprint density at radius 3 is 2.39 bits per heavy atom. The average Bonchev–Trinajstić information content (AvgIpc) is 2.96. The predicted molar refractivity (Wildman–Crippen MR) is 89.7 cm³/mol. The van der Waals surface area contributed by atoms with Crippen LogP contribution in [0.4, 0.5) is 5.69 Å². The molecule has 1 heterocycles. The maximum absolute atomic E-state index is 13.6. The number of carbonyl (C=O) groups excluding carboxylic acids is 1. The summed E-state index contributed by atoms with van der Waals surface area (Å²) in [5.41, 5.74) is 2.26. The minimum Gasteiger partial charge on any atom is -0.495 e. The Labute approximate surface area is 138 Å². The number of hydrogen-bond donors (Lipinski definition) is 0. The highest BCUT2D eigenvalue weighted by molar-refractivity contribution is 6.01. The van der Waals surface area contributed by atoms with Crippen molar-refractivity contribution in [3.05, 3.63) is 23.8 Å². The third-order valence-electron chi connectivity index (χ3n) is 6.91. The third kappa shape index (κ3) is 1.91. The second-order valence-corrected chi connectivity index (χ2v) is 8.37. The van der Waals surface area contributed by atoms with Crippen LogP contribution in [-0.4, -0.2) is 19.6 Å². The van der Waals surface area contributed by atoms with Gasteiger partial charge in [0.2, 0.25) is 5.91 Å². The van der Waals surface area contributed by atoms with Crippen molar-refractivity contribution in [3.63, 3.8) is 0 Å². The zero-order chi connectivity index (χ0) is 15.6. The van der Waals surface area contributed by atoms with Crippen LogP contribution in [0.5, 0.6) is 5.75 Å². The molecule has 6 rings (SSSR count). The summed E-state index contributed by atoms with van der Waals surface area (Å²) in [7, 11) is 1.71. The molecule has 0 saturated heterocycles. The summed E-state index contributed by atoms with van der Waals surface area (Å²) in [6.45, 7) is 0.830. The van der Waals surface area contributed by atoms with Crippen LogP contribution in [0.25, 0.3) is 0 Å². The SMILES string of the molecule is COc1cccc2c1N(C(=O)C13CC4CC(CC(C4)C1)C3)CC2. The first-order valence-corrected chi connectivity index (χ1v) is 9.16. The largest absolute Gasteiger partial charge is 0.495 e. The molecule has 0 aromatic heterocycles. The summed E-state index contributed by atoms with van der Waals surface area (Å²) in [4.78, 5) is 15.7. The summed E-state index contributed by atoms with van der Waals surface area (Å²) in [6, 6.07) is 6.17. The number of rotatable bonds is 2. The molecule has 4 saturated carbocycles. The molecule has 1 aromatic carbocycles. The number of methoxy groups -OCH3 is 1. The monoisotopic (exact) mass is 311 g/mol. The summed E-state index contributed by atoms with van der Waals surface area (Å²) in [5.74, 6) is 3.69. The van der Waals surface area contributed by atoms with E-state index >= 15 is 0 Å². The van der Waals surface area contributed by atoms with Gasteiger partial charge in [0.05, 0.1) is 18.2 Å². The molecular formula is C20H25NO2. The van der Waals surface area contributed by atoms with E-state index in [2.05, 4.69) is 11.0 Å². The fraction of sp³-hybridized carbons (Fsp3) is 0.650. The van der Waals surface area contributed by atoms with Crippen LogP contribution in [0.1, 0.15) is 44.1 Å². The Balaban J connectivity index is 1.51. The van der Waals surface area contributed by atoms with E-state index in [4.69, 9.17) is 4.74 Å². The van der Waals surface area contributed by atoms with Gasteiger partial charge in [0.25, 0.3) is 0 Å². The molecule has 1 aromatic rings. The van der Waals surface area contributed by atoms with Gasteiger partial charge in [0, 0.05) is 6.54 Å². The van der Waals surface area contributed by atoms with Crippen molar-refractivity contribution in [1.29, 1.82) is 0 Å². The number of ether oxygens (including phenoxy) is 1. The van der Waals surface area contributed by atoms with Crippen molar-refractivity contribution >= 4 is 11.6 Å².